The number of hydrogen-bond acceptors (Lipinski definition) is 2. The molecule has 0 saturated carbocycles. The number of hydrogen-bond donors (Lipinski definition) is 0. The van der Waals surface area contributed by atoms with E-state index in [1.54, 1.807) is 0 Å². The van der Waals surface area contributed by atoms with Crippen LogP contribution in [0.4, 0.5) is 17.1 Å². The van der Waals surface area contributed by atoms with Gasteiger partial charge in [-0.1, -0.05) is 182 Å². The molecular weight excluding hydrogens is 775 g/mol. The van der Waals surface area contributed by atoms with Gasteiger partial charge >= 0.3 is 0 Å². The molecule has 0 fully saturated rings. The van der Waals surface area contributed by atoms with Crippen LogP contribution < -0.4 is 4.90 Å². The van der Waals surface area contributed by atoms with Crippen LogP contribution in [0.2, 0.25) is 0 Å². The molecule has 0 N–H and O–H groups in total. The third-order valence-electron chi connectivity index (χ3n) is 15.1. The highest BCUT2D eigenvalue weighted by molar-refractivity contribution is 6.13. The van der Waals surface area contributed by atoms with Gasteiger partial charge in [-0.3, -0.25) is 0 Å². The molecular formula is C62H37NO. The van der Waals surface area contributed by atoms with Gasteiger partial charge in [0.25, 0.3) is 0 Å². The highest BCUT2D eigenvalue weighted by Crippen LogP contribution is 2.66. The number of rotatable bonds is 3. The van der Waals surface area contributed by atoms with Gasteiger partial charge in [0, 0.05) is 33.4 Å². The lowest BCUT2D eigenvalue weighted by Crippen LogP contribution is -2.26. The summed E-state index contributed by atoms with van der Waals surface area (Å²) in [7, 11) is 0. The van der Waals surface area contributed by atoms with E-state index in [0.717, 1.165) is 39.0 Å². The van der Waals surface area contributed by atoms with Gasteiger partial charge < -0.3 is 9.32 Å². The summed E-state index contributed by atoms with van der Waals surface area (Å²) in [5.41, 5.74) is 24.9. The summed E-state index contributed by atoms with van der Waals surface area (Å²) >= 11 is 0. The Bertz CT molecular complexity index is 3750. The molecule has 1 atom stereocenters. The molecule has 2 heteroatoms. The van der Waals surface area contributed by atoms with E-state index in [1.807, 2.05) is 0 Å². The maximum absolute atomic E-state index is 6.84. The van der Waals surface area contributed by atoms with Gasteiger partial charge in [-0.2, -0.15) is 0 Å². The number of fused-ring (bicyclic) bond motifs is 24. The fourth-order valence-electron chi connectivity index (χ4n) is 12.8. The van der Waals surface area contributed by atoms with Crippen LogP contribution in [0.3, 0.4) is 0 Å². The van der Waals surface area contributed by atoms with Crippen LogP contribution in [0.5, 0.6) is 0 Å². The Balaban J connectivity index is 0.998. The lowest BCUT2D eigenvalue weighted by atomic mass is 9.70. The standard InChI is InChI=1S/C62H37NO/c1-2-16-38(17-3-1)63(39-30-32-45-43-20-6-12-26-52(43)61(56(45)36-39)50-24-10-4-18-41(50)42-19-5-11-25-51(42)61)40-31-33-46-44-21-7-13-27-53(44)62(57(46)37-40)54-28-14-8-23-49(54)59-55(62)35-34-48-47-22-9-15-29-58(47)64-60(48)59/h1-37H. The van der Waals surface area contributed by atoms with Gasteiger partial charge in [0.05, 0.1) is 10.8 Å². The van der Waals surface area contributed by atoms with E-state index < -0.39 is 10.8 Å². The van der Waals surface area contributed by atoms with Crippen molar-refractivity contribution in [1.82, 2.24) is 0 Å². The van der Waals surface area contributed by atoms with E-state index in [2.05, 4.69) is 229 Å². The minimum Gasteiger partial charge on any atom is -0.455 e. The van der Waals surface area contributed by atoms with Crippen LogP contribution in [-0.4, -0.2) is 0 Å². The van der Waals surface area contributed by atoms with Crippen LogP contribution in [0.25, 0.3) is 66.4 Å². The van der Waals surface area contributed by atoms with E-state index in [-0.39, 0.29) is 0 Å². The Labute approximate surface area is 371 Å². The zero-order valence-corrected chi connectivity index (χ0v) is 34.7. The maximum Gasteiger partial charge on any atom is 0.143 e. The zero-order chi connectivity index (χ0) is 41.7. The highest BCUT2D eigenvalue weighted by Gasteiger charge is 2.54. The first kappa shape index (κ1) is 34.4. The second-order valence-electron chi connectivity index (χ2n) is 17.8. The monoisotopic (exact) mass is 811 g/mol. The summed E-state index contributed by atoms with van der Waals surface area (Å²) in [6.07, 6.45) is 0. The Morgan fingerprint density at radius 2 is 0.703 bits per heavy atom. The highest BCUT2D eigenvalue weighted by atomic mass is 16.3. The molecule has 15 rings (SSSR count). The normalized spacial score (nSPS) is 16.0. The van der Waals surface area contributed by atoms with Gasteiger partial charge in [-0.05, 0) is 126 Å². The molecule has 10 aromatic carbocycles. The van der Waals surface area contributed by atoms with E-state index in [0.29, 0.717) is 0 Å². The lowest BCUT2D eigenvalue weighted by Gasteiger charge is -2.33. The number of nitrogens with zero attached hydrogens (tertiary/aromatic N) is 1. The molecule has 0 amide bonds. The number of para-hydroxylation sites is 2. The van der Waals surface area contributed by atoms with Crippen molar-refractivity contribution in [2.45, 2.75) is 10.8 Å². The average molecular weight is 812 g/mol. The summed E-state index contributed by atoms with van der Waals surface area (Å²) in [5.74, 6) is 0. The van der Waals surface area contributed by atoms with Crippen LogP contribution >= 0.6 is 0 Å². The summed E-state index contributed by atoms with van der Waals surface area (Å²) < 4.78 is 6.84. The fourth-order valence-corrected chi connectivity index (χ4v) is 12.8. The maximum atomic E-state index is 6.84. The van der Waals surface area contributed by atoms with Crippen LogP contribution in [-0.2, 0) is 10.8 Å². The van der Waals surface area contributed by atoms with Crippen LogP contribution in [0.15, 0.2) is 229 Å². The van der Waals surface area contributed by atoms with Crippen molar-refractivity contribution in [1.29, 1.82) is 0 Å². The summed E-state index contributed by atoms with van der Waals surface area (Å²) in [5, 5.41) is 2.30. The van der Waals surface area contributed by atoms with Gasteiger partial charge in [-0.25, -0.2) is 0 Å². The number of benzene rings is 10. The quantitative estimate of drug-likeness (QED) is 0.177. The fraction of sp³-hybridized carbons (Fsp3) is 0.0323. The zero-order valence-electron chi connectivity index (χ0n) is 34.7. The first-order valence-electron chi connectivity index (χ1n) is 22.3. The van der Waals surface area contributed by atoms with Gasteiger partial charge in [0.1, 0.15) is 11.2 Å². The minimum absolute atomic E-state index is 0.444. The Kier molecular flexibility index (Phi) is 6.58. The van der Waals surface area contributed by atoms with E-state index in [1.165, 1.54) is 89.0 Å². The van der Waals surface area contributed by atoms with E-state index in [4.69, 9.17) is 4.42 Å². The molecule has 1 heterocycles. The predicted octanol–water partition coefficient (Wildman–Crippen LogP) is 15.7. The molecule has 0 saturated heterocycles. The van der Waals surface area contributed by atoms with Crippen molar-refractivity contribution in [2.75, 3.05) is 4.90 Å². The first-order chi connectivity index (χ1) is 31.8. The van der Waals surface area contributed by atoms with Gasteiger partial charge in [0.15, 0.2) is 0 Å². The second-order valence-corrected chi connectivity index (χ2v) is 17.8. The molecule has 2 nitrogen and oxygen atoms in total. The van der Waals surface area contributed by atoms with Crippen molar-refractivity contribution in [3.8, 4) is 44.5 Å². The Hall–Kier alpha value is -8.20. The van der Waals surface area contributed by atoms with E-state index in [9.17, 15) is 0 Å². The van der Waals surface area contributed by atoms with Crippen molar-refractivity contribution in [2.24, 2.45) is 0 Å². The molecule has 0 aliphatic heterocycles. The van der Waals surface area contributed by atoms with Crippen molar-refractivity contribution in [3.05, 3.63) is 269 Å². The molecule has 2 spiro atoms. The van der Waals surface area contributed by atoms with E-state index >= 15 is 0 Å². The van der Waals surface area contributed by atoms with Crippen molar-refractivity contribution >= 4 is 39.0 Å². The Morgan fingerprint density at radius 3 is 1.25 bits per heavy atom. The molecule has 11 aromatic rings. The SMILES string of the molecule is c1ccc(N(c2ccc3c(c2)C2(c4ccccc4-c4ccccc42)c2ccccc2-3)c2ccc3c(c2)C2(c4ccccc4-3)c3ccccc3-c3c2ccc2c3oc3ccccc32)cc1. The molecule has 64 heavy (non-hydrogen) atoms. The molecule has 1 unspecified atom stereocenters. The smallest absolute Gasteiger partial charge is 0.143 e. The summed E-state index contributed by atoms with van der Waals surface area (Å²) in [6.45, 7) is 0. The molecule has 296 valence electrons. The summed E-state index contributed by atoms with van der Waals surface area (Å²) in [6, 6.07) is 83.8. The molecule has 4 aliphatic rings. The topological polar surface area (TPSA) is 16.4 Å². The lowest BCUT2D eigenvalue weighted by molar-refractivity contribution is 0.669. The van der Waals surface area contributed by atoms with Crippen molar-refractivity contribution in [3.63, 3.8) is 0 Å². The van der Waals surface area contributed by atoms with Gasteiger partial charge in [-0.15, -0.1) is 0 Å². The Morgan fingerprint density at radius 1 is 0.281 bits per heavy atom. The molecule has 0 radical (unpaired) electrons. The van der Waals surface area contributed by atoms with Crippen LogP contribution in [0.1, 0.15) is 44.5 Å². The third kappa shape index (κ3) is 4.03. The predicted molar refractivity (Wildman–Crippen MR) is 261 cm³/mol. The largest absolute Gasteiger partial charge is 0.455 e. The molecule has 1 aromatic heterocycles. The molecule has 0 bridgehead atoms. The average Bonchev–Trinajstić information content (AvgIpc) is 4.13. The second kappa shape index (κ2) is 12.2. The van der Waals surface area contributed by atoms with Crippen molar-refractivity contribution < 1.29 is 4.42 Å². The number of furan rings is 1. The summed E-state index contributed by atoms with van der Waals surface area (Å²) in [4.78, 5) is 2.48. The molecule has 4 aliphatic carbocycles. The van der Waals surface area contributed by atoms with Gasteiger partial charge in [0.2, 0.25) is 0 Å². The number of anilines is 3. The van der Waals surface area contributed by atoms with Crippen LogP contribution in [0, 0.1) is 0 Å². The third-order valence-corrected chi connectivity index (χ3v) is 15.1. The minimum atomic E-state index is -0.551. The first-order valence-corrected chi connectivity index (χ1v) is 22.3.